The molecule has 0 unspecified atom stereocenters. The molecule has 1 N–H and O–H groups in total. The first kappa shape index (κ1) is 16.6. The van der Waals surface area contributed by atoms with Crippen molar-refractivity contribution in [3.05, 3.63) is 28.1 Å². The summed E-state index contributed by atoms with van der Waals surface area (Å²) in [5, 5.41) is 5.23. The number of esters is 1. The summed E-state index contributed by atoms with van der Waals surface area (Å²) in [6.45, 7) is 3.89. The van der Waals surface area contributed by atoms with Gasteiger partial charge in [0, 0.05) is 11.8 Å². The fourth-order valence-electron chi connectivity index (χ4n) is 1.95. The normalized spacial score (nSPS) is 10.5. The molecule has 0 aliphatic carbocycles. The zero-order chi connectivity index (χ0) is 16.1. The quantitative estimate of drug-likeness (QED) is 0.647. The first-order chi connectivity index (χ1) is 10.6. The highest BCUT2D eigenvalue weighted by Crippen LogP contribution is 2.26. The zero-order valence-electron chi connectivity index (χ0n) is 12.6. The van der Waals surface area contributed by atoms with E-state index in [0.717, 1.165) is 4.88 Å². The predicted molar refractivity (Wildman–Crippen MR) is 87.7 cm³/mol. The van der Waals surface area contributed by atoms with E-state index >= 15 is 0 Å². The number of ether oxygens (including phenoxy) is 1. The van der Waals surface area contributed by atoms with E-state index in [-0.39, 0.29) is 24.0 Å². The lowest BCUT2D eigenvalue weighted by Gasteiger charge is -2.10. The zero-order valence-corrected chi connectivity index (χ0v) is 14.2. The van der Waals surface area contributed by atoms with Crippen LogP contribution < -0.4 is 5.32 Å². The Balaban J connectivity index is 2.49. The number of carbonyl (C=O) groups excluding carboxylic acids is 2. The van der Waals surface area contributed by atoms with Gasteiger partial charge in [0.1, 0.15) is 0 Å². The van der Waals surface area contributed by atoms with Gasteiger partial charge in [-0.2, -0.15) is 0 Å². The molecule has 1 amide bonds. The third-order valence-corrected chi connectivity index (χ3v) is 4.31. The second-order valence-corrected chi connectivity index (χ2v) is 6.17. The van der Waals surface area contributed by atoms with Crippen LogP contribution >= 0.6 is 23.1 Å². The lowest BCUT2D eigenvalue weighted by Crippen LogP contribution is -2.17. The summed E-state index contributed by atoms with van der Waals surface area (Å²) in [5.41, 5.74) is 0.273. The Morgan fingerprint density at radius 2 is 2.27 bits per heavy atom. The van der Waals surface area contributed by atoms with E-state index in [2.05, 4.69) is 10.3 Å². The van der Waals surface area contributed by atoms with Gasteiger partial charge in [0.25, 0.3) is 0 Å². The predicted octanol–water partition coefficient (Wildman–Crippen LogP) is 2.85. The molecule has 2 aromatic rings. The minimum Gasteiger partial charge on any atom is -0.461 e. The van der Waals surface area contributed by atoms with Crippen LogP contribution in [0.15, 0.2) is 22.7 Å². The van der Waals surface area contributed by atoms with Crippen LogP contribution in [-0.2, 0) is 16.1 Å². The highest BCUT2D eigenvalue weighted by molar-refractivity contribution is 7.98. The maximum absolute atomic E-state index is 12.3. The summed E-state index contributed by atoms with van der Waals surface area (Å²) in [6, 6.07) is 3.94. The average Bonchev–Trinajstić information content (AvgIpc) is 3.07. The fourth-order valence-corrected chi connectivity index (χ4v) is 3.21. The molecule has 2 aromatic heterocycles. The first-order valence-corrected chi connectivity index (χ1v) is 8.78. The monoisotopic (exact) mass is 339 g/mol. The third-order valence-electron chi connectivity index (χ3n) is 2.77. The van der Waals surface area contributed by atoms with Gasteiger partial charge in [0.2, 0.25) is 5.91 Å². The second kappa shape index (κ2) is 7.46. The molecular formula is C14H17N3O3S2. The van der Waals surface area contributed by atoms with Gasteiger partial charge >= 0.3 is 5.97 Å². The summed E-state index contributed by atoms with van der Waals surface area (Å²) < 4.78 is 6.89. The Hall–Kier alpha value is -1.80. The second-order valence-electron chi connectivity index (χ2n) is 4.36. The Morgan fingerprint density at radius 1 is 1.50 bits per heavy atom. The first-order valence-electron chi connectivity index (χ1n) is 6.68. The van der Waals surface area contributed by atoms with Gasteiger partial charge in [-0.25, -0.2) is 9.78 Å². The van der Waals surface area contributed by atoms with Crippen molar-refractivity contribution in [3.63, 3.8) is 0 Å². The number of amides is 1. The van der Waals surface area contributed by atoms with Crippen molar-refractivity contribution >= 4 is 40.8 Å². The molecule has 0 spiro atoms. The molecule has 0 bridgehead atoms. The van der Waals surface area contributed by atoms with Crippen molar-refractivity contribution < 1.29 is 14.3 Å². The summed E-state index contributed by atoms with van der Waals surface area (Å²) in [7, 11) is 0. The van der Waals surface area contributed by atoms with Crippen LogP contribution in [0.5, 0.6) is 0 Å². The minimum atomic E-state index is -0.490. The van der Waals surface area contributed by atoms with E-state index in [1.807, 2.05) is 23.8 Å². The molecule has 0 saturated heterocycles. The molecule has 8 heteroatoms. The number of carbonyl (C=O) groups is 2. The highest BCUT2D eigenvalue weighted by Gasteiger charge is 2.25. The number of thioether (sulfide) groups is 1. The van der Waals surface area contributed by atoms with Gasteiger partial charge in [-0.15, -0.1) is 11.3 Å². The maximum Gasteiger partial charge on any atom is 0.358 e. The Labute approximate surface area is 136 Å². The van der Waals surface area contributed by atoms with Gasteiger partial charge in [0.15, 0.2) is 16.7 Å². The summed E-state index contributed by atoms with van der Waals surface area (Å²) in [6.07, 6.45) is 1.87. The lowest BCUT2D eigenvalue weighted by atomic mass is 10.4. The maximum atomic E-state index is 12.3. The fraction of sp³-hybridized carbons (Fsp3) is 0.357. The highest BCUT2D eigenvalue weighted by atomic mass is 32.2. The number of nitrogens with one attached hydrogen (secondary N) is 1. The van der Waals surface area contributed by atoms with E-state index in [1.54, 1.807) is 22.8 Å². The number of hydrogen-bond acceptors (Lipinski definition) is 6. The molecule has 0 atom stereocenters. The average molecular weight is 339 g/mol. The molecule has 22 heavy (non-hydrogen) atoms. The SMILES string of the molecule is CCOC(=O)c1c(NC(C)=O)nc(SC)n1Cc1cccs1. The van der Waals surface area contributed by atoms with E-state index < -0.39 is 5.97 Å². The molecule has 0 radical (unpaired) electrons. The molecular weight excluding hydrogens is 322 g/mol. The topological polar surface area (TPSA) is 73.2 Å². The molecule has 2 heterocycles. The van der Waals surface area contributed by atoms with Crippen LogP contribution in [0, 0.1) is 0 Å². The smallest absolute Gasteiger partial charge is 0.358 e. The Morgan fingerprint density at radius 3 is 2.82 bits per heavy atom. The molecule has 0 aliphatic heterocycles. The van der Waals surface area contributed by atoms with Crippen LogP contribution in [0.3, 0.4) is 0 Å². The molecule has 6 nitrogen and oxygen atoms in total. The molecule has 2 rings (SSSR count). The van der Waals surface area contributed by atoms with Gasteiger partial charge < -0.3 is 14.6 Å². The summed E-state index contributed by atoms with van der Waals surface area (Å²) >= 11 is 3.01. The van der Waals surface area contributed by atoms with Crippen LogP contribution in [0.2, 0.25) is 0 Å². The number of anilines is 1. The standard InChI is InChI=1S/C14H17N3O3S2/c1-4-20-13(19)11-12(15-9(2)18)16-14(21-3)17(11)8-10-6-5-7-22-10/h5-7H,4,8H2,1-3H3,(H,15,18). The van der Waals surface area contributed by atoms with E-state index in [1.165, 1.54) is 18.7 Å². The molecule has 0 aliphatic rings. The van der Waals surface area contributed by atoms with Crippen LogP contribution in [-0.4, -0.2) is 34.3 Å². The number of imidazole rings is 1. The Kier molecular flexibility index (Phi) is 5.62. The Bertz CT molecular complexity index is 665. The number of nitrogens with zero attached hydrogens (tertiary/aromatic N) is 2. The van der Waals surface area contributed by atoms with E-state index in [4.69, 9.17) is 4.74 Å². The van der Waals surface area contributed by atoms with Crippen molar-refractivity contribution in [1.82, 2.24) is 9.55 Å². The lowest BCUT2D eigenvalue weighted by molar-refractivity contribution is -0.114. The number of rotatable bonds is 6. The minimum absolute atomic E-state index is 0.242. The van der Waals surface area contributed by atoms with Crippen molar-refractivity contribution in [1.29, 1.82) is 0 Å². The van der Waals surface area contributed by atoms with Gasteiger partial charge in [-0.1, -0.05) is 17.8 Å². The molecule has 118 valence electrons. The van der Waals surface area contributed by atoms with Crippen LogP contribution in [0.4, 0.5) is 5.82 Å². The van der Waals surface area contributed by atoms with E-state index in [0.29, 0.717) is 11.7 Å². The van der Waals surface area contributed by atoms with Crippen LogP contribution in [0.25, 0.3) is 0 Å². The molecule has 0 fully saturated rings. The summed E-state index contributed by atoms with van der Waals surface area (Å²) in [5.74, 6) is -0.526. The largest absolute Gasteiger partial charge is 0.461 e. The van der Waals surface area contributed by atoms with Crippen molar-refractivity contribution in [2.45, 2.75) is 25.5 Å². The van der Waals surface area contributed by atoms with Crippen LogP contribution in [0.1, 0.15) is 29.2 Å². The van der Waals surface area contributed by atoms with Gasteiger partial charge in [0.05, 0.1) is 13.2 Å². The molecule has 0 saturated carbocycles. The number of hydrogen-bond donors (Lipinski definition) is 1. The third kappa shape index (κ3) is 3.69. The van der Waals surface area contributed by atoms with E-state index in [9.17, 15) is 9.59 Å². The summed E-state index contributed by atoms with van der Waals surface area (Å²) in [4.78, 5) is 29.1. The van der Waals surface area contributed by atoms with Gasteiger partial charge in [-0.05, 0) is 24.6 Å². The van der Waals surface area contributed by atoms with Crippen molar-refractivity contribution in [2.24, 2.45) is 0 Å². The van der Waals surface area contributed by atoms with Crippen molar-refractivity contribution in [2.75, 3.05) is 18.2 Å². The number of aromatic nitrogens is 2. The van der Waals surface area contributed by atoms with Gasteiger partial charge in [-0.3, -0.25) is 4.79 Å². The van der Waals surface area contributed by atoms with Crippen molar-refractivity contribution in [3.8, 4) is 0 Å². The number of thiophene rings is 1. The molecule has 0 aromatic carbocycles.